The third-order valence-corrected chi connectivity index (χ3v) is 6.60. The first-order chi connectivity index (χ1) is 12.9. The van der Waals surface area contributed by atoms with Gasteiger partial charge in [-0.2, -0.15) is 9.84 Å². The van der Waals surface area contributed by atoms with Gasteiger partial charge < -0.3 is 5.11 Å². The van der Waals surface area contributed by atoms with Crippen LogP contribution in [0.15, 0.2) is 75.8 Å². The summed E-state index contributed by atoms with van der Waals surface area (Å²) in [6.45, 7) is 1.87. The number of phenolic OH excluding ortho intramolecular Hbond substituents is 1. The van der Waals surface area contributed by atoms with Gasteiger partial charge >= 0.3 is 0 Å². The van der Waals surface area contributed by atoms with Gasteiger partial charge in [-0.25, -0.2) is 8.42 Å². The standard InChI is InChI=1S/C19H18BrN3O3S/c1-2-18(20)23-27(25,26)15-10-8-14(9-11-15)21-22-19-16-6-4-3-5-13(16)7-12-17(19)24/h3-12,18,23-24H,2H2,1H3. The minimum atomic E-state index is -3.60. The van der Waals surface area contributed by atoms with Crippen molar-refractivity contribution in [2.24, 2.45) is 10.2 Å². The molecule has 0 aliphatic heterocycles. The van der Waals surface area contributed by atoms with E-state index < -0.39 is 10.0 Å². The van der Waals surface area contributed by atoms with Gasteiger partial charge in [-0.3, -0.25) is 0 Å². The quantitative estimate of drug-likeness (QED) is 0.302. The highest BCUT2D eigenvalue weighted by Crippen LogP contribution is 2.36. The molecule has 8 heteroatoms. The van der Waals surface area contributed by atoms with Crippen LogP contribution in [0.2, 0.25) is 0 Å². The highest BCUT2D eigenvalue weighted by molar-refractivity contribution is 9.09. The molecular weight excluding hydrogens is 430 g/mol. The van der Waals surface area contributed by atoms with Crippen molar-refractivity contribution in [2.75, 3.05) is 0 Å². The summed E-state index contributed by atoms with van der Waals surface area (Å²) in [5, 5.41) is 20.1. The molecule has 0 spiro atoms. The van der Waals surface area contributed by atoms with Crippen LogP contribution in [-0.2, 0) is 10.0 Å². The lowest BCUT2D eigenvalue weighted by Crippen LogP contribution is -2.29. The molecule has 0 aliphatic rings. The number of alkyl halides is 1. The summed E-state index contributed by atoms with van der Waals surface area (Å²) in [6.07, 6.45) is 0.625. The van der Waals surface area contributed by atoms with Gasteiger partial charge in [0.05, 0.1) is 15.5 Å². The van der Waals surface area contributed by atoms with Crippen molar-refractivity contribution in [3.8, 4) is 5.75 Å². The van der Waals surface area contributed by atoms with Crippen molar-refractivity contribution in [3.05, 3.63) is 60.7 Å². The lowest BCUT2D eigenvalue weighted by Gasteiger charge is -2.10. The summed E-state index contributed by atoms with van der Waals surface area (Å²) in [5.74, 6) is 0.0313. The monoisotopic (exact) mass is 447 g/mol. The first-order valence-corrected chi connectivity index (χ1v) is 10.7. The highest BCUT2D eigenvalue weighted by Gasteiger charge is 2.17. The molecule has 3 aromatic rings. The molecule has 0 aromatic heterocycles. The summed E-state index contributed by atoms with van der Waals surface area (Å²) in [6, 6.07) is 17.0. The first-order valence-electron chi connectivity index (χ1n) is 8.29. The number of hydrogen-bond acceptors (Lipinski definition) is 5. The Bertz CT molecular complexity index is 1080. The van der Waals surface area contributed by atoms with E-state index in [2.05, 4.69) is 30.9 Å². The minimum Gasteiger partial charge on any atom is -0.506 e. The van der Waals surface area contributed by atoms with Gasteiger partial charge in [-0.15, -0.1) is 5.11 Å². The number of halogens is 1. The molecule has 1 atom stereocenters. The van der Waals surface area contributed by atoms with Gasteiger partial charge in [-0.1, -0.05) is 53.2 Å². The average molecular weight is 448 g/mol. The molecule has 1 unspecified atom stereocenters. The van der Waals surface area contributed by atoms with Crippen molar-refractivity contribution in [1.82, 2.24) is 4.72 Å². The van der Waals surface area contributed by atoms with Crippen molar-refractivity contribution in [2.45, 2.75) is 23.2 Å². The van der Waals surface area contributed by atoms with Gasteiger partial charge in [0, 0.05) is 5.39 Å². The lowest BCUT2D eigenvalue weighted by atomic mass is 10.1. The van der Waals surface area contributed by atoms with E-state index in [1.54, 1.807) is 18.2 Å². The Labute approximate surface area is 166 Å². The van der Waals surface area contributed by atoms with E-state index in [0.29, 0.717) is 17.8 Å². The van der Waals surface area contributed by atoms with Gasteiger partial charge in [0.2, 0.25) is 10.0 Å². The predicted molar refractivity (Wildman–Crippen MR) is 110 cm³/mol. The molecule has 27 heavy (non-hydrogen) atoms. The molecule has 0 heterocycles. The Morgan fingerprint density at radius 1 is 1.04 bits per heavy atom. The van der Waals surface area contributed by atoms with Crippen LogP contribution in [0.25, 0.3) is 10.8 Å². The Kier molecular flexibility index (Phi) is 5.88. The van der Waals surface area contributed by atoms with Crippen LogP contribution in [0.1, 0.15) is 13.3 Å². The van der Waals surface area contributed by atoms with Crippen LogP contribution in [0.5, 0.6) is 5.75 Å². The highest BCUT2D eigenvalue weighted by atomic mass is 79.9. The Balaban J connectivity index is 1.87. The SMILES string of the molecule is CCC(Br)NS(=O)(=O)c1ccc(N=Nc2c(O)ccc3ccccc23)cc1. The summed E-state index contributed by atoms with van der Waals surface area (Å²) >= 11 is 3.25. The van der Waals surface area contributed by atoms with Gasteiger partial charge in [-0.05, 0) is 42.1 Å². The molecule has 0 radical (unpaired) electrons. The fraction of sp³-hybridized carbons (Fsp3) is 0.158. The van der Waals surface area contributed by atoms with E-state index in [1.165, 1.54) is 12.1 Å². The topological polar surface area (TPSA) is 91.1 Å². The second kappa shape index (κ2) is 8.16. The van der Waals surface area contributed by atoms with E-state index >= 15 is 0 Å². The summed E-state index contributed by atoms with van der Waals surface area (Å²) in [4.78, 5) is -0.177. The second-order valence-electron chi connectivity index (χ2n) is 5.85. The Hall–Kier alpha value is -2.29. The Morgan fingerprint density at radius 3 is 2.44 bits per heavy atom. The summed E-state index contributed by atoms with van der Waals surface area (Å²) in [5.41, 5.74) is 0.851. The van der Waals surface area contributed by atoms with Crippen LogP contribution in [0.4, 0.5) is 11.4 Å². The van der Waals surface area contributed by atoms with Gasteiger partial charge in [0.15, 0.2) is 0 Å². The molecule has 0 saturated carbocycles. The molecule has 0 aliphatic carbocycles. The molecule has 3 rings (SSSR count). The summed E-state index contributed by atoms with van der Waals surface area (Å²) < 4.78 is 27.0. The van der Waals surface area contributed by atoms with Crippen LogP contribution in [0, 0.1) is 0 Å². The molecule has 3 aromatic carbocycles. The van der Waals surface area contributed by atoms with E-state index in [4.69, 9.17) is 0 Å². The number of sulfonamides is 1. The number of benzene rings is 3. The first kappa shape index (κ1) is 19.5. The van der Waals surface area contributed by atoms with E-state index in [0.717, 1.165) is 10.8 Å². The zero-order valence-corrected chi connectivity index (χ0v) is 16.9. The van der Waals surface area contributed by atoms with Crippen molar-refractivity contribution < 1.29 is 13.5 Å². The Morgan fingerprint density at radius 2 is 1.74 bits per heavy atom. The summed E-state index contributed by atoms with van der Waals surface area (Å²) in [7, 11) is -3.60. The number of phenols is 1. The maximum Gasteiger partial charge on any atom is 0.241 e. The van der Waals surface area contributed by atoms with Crippen LogP contribution >= 0.6 is 15.9 Å². The minimum absolute atomic E-state index is 0.0313. The molecule has 0 amide bonds. The van der Waals surface area contributed by atoms with Crippen LogP contribution < -0.4 is 4.72 Å². The van der Waals surface area contributed by atoms with E-state index in [-0.39, 0.29) is 15.6 Å². The molecule has 0 bridgehead atoms. The van der Waals surface area contributed by atoms with Crippen LogP contribution in [0.3, 0.4) is 0 Å². The number of aromatic hydroxyl groups is 1. The molecule has 140 valence electrons. The fourth-order valence-corrected chi connectivity index (χ4v) is 4.34. The second-order valence-corrected chi connectivity index (χ2v) is 8.66. The maximum atomic E-state index is 12.3. The zero-order chi connectivity index (χ0) is 19.4. The van der Waals surface area contributed by atoms with Crippen LogP contribution in [-0.4, -0.2) is 18.5 Å². The zero-order valence-electron chi connectivity index (χ0n) is 14.5. The molecule has 6 nitrogen and oxygen atoms in total. The number of hydrogen-bond donors (Lipinski definition) is 2. The smallest absolute Gasteiger partial charge is 0.241 e. The molecular formula is C19H18BrN3O3S. The third kappa shape index (κ3) is 4.52. The third-order valence-electron chi connectivity index (χ3n) is 3.93. The fourth-order valence-electron chi connectivity index (χ4n) is 2.47. The van der Waals surface area contributed by atoms with Gasteiger partial charge in [0.25, 0.3) is 0 Å². The number of azo groups is 1. The van der Waals surface area contributed by atoms with E-state index in [1.807, 2.05) is 37.3 Å². The number of nitrogens with one attached hydrogen (secondary N) is 1. The van der Waals surface area contributed by atoms with Gasteiger partial charge in [0.1, 0.15) is 11.4 Å². The largest absolute Gasteiger partial charge is 0.506 e. The van der Waals surface area contributed by atoms with Crippen molar-refractivity contribution in [1.29, 1.82) is 0 Å². The number of fused-ring (bicyclic) bond motifs is 1. The van der Waals surface area contributed by atoms with E-state index in [9.17, 15) is 13.5 Å². The molecule has 2 N–H and O–H groups in total. The number of nitrogens with zero attached hydrogens (tertiary/aromatic N) is 2. The average Bonchev–Trinajstić information content (AvgIpc) is 2.67. The molecule has 0 fully saturated rings. The normalized spacial score (nSPS) is 13.3. The maximum absolute atomic E-state index is 12.3. The number of rotatable bonds is 6. The van der Waals surface area contributed by atoms with Crippen molar-refractivity contribution >= 4 is 48.1 Å². The van der Waals surface area contributed by atoms with Crippen molar-refractivity contribution in [3.63, 3.8) is 0 Å². The predicted octanol–water partition coefficient (Wildman–Crippen LogP) is 5.37. The lowest BCUT2D eigenvalue weighted by molar-refractivity contribution is 0.477. The molecule has 0 saturated heterocycles.